The molecular formula is C18H14BrClN2O4. The van der Waals surface area contributed by atoms with Gasteiger partial charge in [0.1, 0.15) is 5.54 Å². The van der Waals surface area contributed by atoms with Crippen LogP contribution in [0.2, 0.25) is 5.02 Å². The molecule has 2 aliphatic rings. The SMILES string of the molecule is C[C@]1(c2ccccc2Cl)NC(=O)N(Cc2cc3c(cc2Br)OCO3)C1=O. The van der Waals surface area contributed by atoms with E-state index < -0.39 is 11.6 Å². The first-order chi connectivity index (χ1) is 12.4. The molecule has 2 heterocycles. The molecule has 134 valence electrons. The smallest absolute Gasteiger partial charge is 0.325 e. The van der Waals surface area contributed by atoms with Gasteiger partial charge in [0.15, 0.2) is 11.5 Å². The van der Waals surface area contributed by atoms with Crippen LogP contribution in [0.25, 0.3) is 0 Å². The van der Waals surface area contributed by atoms with Crippen LogP contribution in [0, 0.1) is 0 Å². The van der Waals surface area contributed by atoms with Crippen LogP contribution in [0.3, 0.4) is 0 Å². The molecule has 1 fully saturated rings. The van der Waals surface area contributed by atoms with E-state index in [0.29, 0.717) is 22.1 Å². The van der Waals surface area contributed by atoms with Gasteiger partial charge in [0.05, 0.1) is 6.54 Å². The number of urea groups is 1. The Morgan fingerprint density at radius 2 is 1.92 bits per heavy atom. The number of carbonyl (C=O) groups excluding carboxylic acids is 2. The lowest BCUT2D eigenvalue weighted by atomic mass is 9.92. The summed E-state index contributed by atoms with van der Waals surface area (Å²) >= 11 is 9.70. The van der Waals surface area contributed by atoms with E-state index in [9.17, 15) is 9.59 Å². The molecule has 0 aromatic heterocycles. The number of halogens is 2. The molecule has 1 saturated heterocycles. The summed E-state index contributed by atoms with van der Waals surface area (Å²) in [6, 6.07) is 10.0. The summed E-state index contributed by atoms with van der Waals surface area (Å²) in [7, 11) is 0. The summed E-state index contributed by atoms with van der Waals surface area (Å²) in [6.45, 7) is 1.91. The number of fused-ring (bicyclic) bond motifs is 1. The Hall–Kier alpha value is -2.25. The van der Waals surface area contributed by atoms with E-state index in [4.69, 9.17) is 21.1 Å². The van der Waals surface area contributed by atoms with Crippen molar-refractivity contribution < 1.29 is 19.1 Å². The number of nitrogens with zero attached hydrogens (tertiary/aromatic N) is 1. The zero-order valence-corrected chi connectivity index (χ0v) is 16.1. The maximum absolute atomic E-state index is 13.1. The van der Waals surface area contributed by atoms with Crippen LogP contribution >= 0.6 is 27.5 Å². The molecular weight excluding hydrogens is 424 g/mol. The average Bonchev–Trinajstić information content (AvgIpc) is 3.13. The zero-order chi connectivity index (χ0) is 18.5. The van der Waals surface area contributed by atoms with E-state index in [1.165, 1.54) is 4.90 Å². The van der Waals surface area contributed by atoms with E-state index in [0.717, 1.165) is 10.0 Å². The van der Waals surface area contributed by atoms with Crippen LogP contribution in [0.4, 0.5) is 4.79 Å². The summed E-state index contributed by atoms with van der Waals surface area (Å²) in [6.07, 6.45) is 0. The second kappa shape index (κ2) is 6.17. The van der Waals surface area contributed by atoms with Crippen molar-refractivity contribution in [3.8, 4) is 11.5 Å². The number of amides is 3. The fraction of sp³-hybridized carbons (Fsp3) is 0.222. The van der Waals surface area contributed by atoms with Crippen LogP contribution < -0.4 is 14.8 Å². The lowest BCUT2D eigenvalue weighted by molar-refractivity contribution is -0.131. The summed E-state index contributed by atoms with van der Waals surface area (Å²) in [5.41, 5.74) is 0.0894. The van der Waals surface area contributed by atoms with Crippen molar-refractivity contribution in [2.45, 2.75) is 19.0 Å². The Morgan fingerprint density at radius 3 is 2.65 bits per heavy atom. The van der Waals surface area contributed by atoms with Crippen molar-refractivity contribution in [3.05, 3.63) is 57.0 Å². The summed E-state index contributed by atoms with van der Waals surface area (Å²) in [4.78, 5) is 26.7. The van der Waals surface area contributed by atoms with E-state index in [1.54, 1.807) is 43.3 Å². The molecule has 3 amide bonds. The van der Waals surface area contributed by atoms with Gasteiger partial charge in [0.25, 0.3) is 5.91 Å². The Bertz CT molecular complexity index is 935. The zero-order valence-electron chi connectivity index (χ0n) is 13.7. The molecule has 4 rings (SSSR count). The Balaban J connectivity index is 1.66. The lowest BCUT2D eigenvalue weighted by Gasteiger charge is -2.23. The first kappa shape index (κ1) is 17.2. The second-order valence-corrected chi connectivity index (χ2v) is 7.48. The fourth-order valence-corrected chi connectivity index (χ4v) is 3.91. The van der Waals surface area contributed by atoms with Gasteiger partial charge in [-0.25, -0.2) is 4.79 Å². The third kappa shape index (κ3) is 2.62. The maximum Gasteiger partial charge on any atom is 0.325 e. The quantitative estimate of drug-likeness (QED) is 0.742. The predicted octanol–water partition coefficient (Wildman–Crippen LogP) is 3.80. The molecule has 2 aromatic carbocycles. The first-order valence-electron chi connectivity index (χ1n) is 7.87. The van der Waals surface area contributed by atoms with Gasteiger partial charge in [-0.15, -0.1) is 0 Å². The van der Waals surface area contributed by atoms with Crippen LogP contribution in [-0.2, 0) is 16.9 Å². The summed E-state index contributed by atoms with van der Waals surface area (Å²) in [5.74, 6) is 0.850. The Labute approximate surface area is 163 Å². The monoisotopic (exact) mass is 436 g/mol. The molecule has 2 aromatic rings. The molecule has 0 unspecified atom stereocenters. The molecule has 1 atom stereocenters. The van der Waals surface area contributed by atoms with Crippen molar-refractivity contribution in [2.75, 3.05) is 6.79 Å². The largest absolute Gasteiger partial charge is 0.454 e. The Morgan fingerprint density at radius 1 is 1.23 bits per heavy atom. The molecule has 0 bridgehead atoms. The standard InChI is InChI=1S/C18H14BrClN2O4/c1-18(11-4-2-3-5-13(11)20)16(23)22(17(24)21-18)8-10-6-14-15(7-12(10)19)26-9-25-14/h2-7H,8-9H2,1H3,(H,21,24)/t18-/m1/s1. The topological polar surface area (TPSA) is 67.9 Å². The molecule has 1 N–H and O–H groups in total. The number of imide groups is 1. The minimum absolute atomic E-state index is 0.0991. The normalized spacial score (nSPS) is 21.3. The number of ether oxygens (including phenoxy) is 2. The van der Waals surface area contributed by atoms with Gasteiger partial charge < -0.3 is 14.8 Å². The van der Waals surface area contributed by atoms with Crippen LogP contribution in [-0.4, -0.2) is 23.6 Å². The minimum Gasteiger partial charge on any atom is -0.454 e. The molecule has 2 aliphatic heterocycles. The van der Waals surface area contributed by atoms with Crippen molar-refractivity contribution in [2.24, 2.45) is 0 Å². The molecule has 26 heavy (non-hydrogen) atoms. The number of hydrogen-bond acceptors (Lipinski definition) is 4. The second-order valence-electron chi connectivity index (χ2n) is 6.22. The number of benzene rings is 2. The van der Waals surface area contributed by atoms with E-state index >= 15 is 0 Å². The minimum atomic E-state index is -1.21. The van der Waals surface area contributed by atoms with Crippen molar-refractivity contribution in [1.82, 2.24) is 10.2 Å². The highest BCUT2D eigenvalue weighted by Gasteiger charge is 2.49. The molecule has 0 saturated carbocycles. The summed E-state index contributed by atoms with van der Waals surface area (Å²) in [5, 5.41) is 3.19. The molecule has 0 spiro atoms. The van der Waals surface area contributed by atoms with Gasteiger partial charge in [0, 0.05) is 15.1 Å². The van der Waals surface area contributed by atoms with E-state index in [2.05, 4.69) is 21.2 Å². The number of rotatable bonds is 3. The molecule has 6 nitrogen and oxygen atoms in total. The number of nitrogens with one attached hydrogen (secondary N) is 1. The third-order valence-electron chi connectivity index (χ3n) is 4.56. The van der Waals surface area contributed by atoms with Crippen LogP contribution in [0.1, 0.15) is 18.1 Å². The van der Waals surface area contributed by atoms with Crippen LogP contribution in [0.5, 0.6) is 11.5 Å². The lowest BCUT2D eigenvalue weighted by Crippen LogP contribution is -2.41. The highest BCUT2D eigenvalue weighted by atomic mass is 79.9. The number of carbonyl (C=O) groups is 2. The van der Waals surface area contributed by atoms with Gasteiger partial charge in [-0.2, -0.15) is 0 Å². The maximum atomic E-state index is 13.1. The molecule has 8 heteroatoms. The van der Waals surface area contributed by atoms with Gasteiger partial charge in [-0.1, -0.05) is 45.7 Å². The summed E-state index contributed by atoms with van der Waals surface area (Å²) < 4.78 is 11.4. The first-order valence-corrected chi connectivity index (χ1v) is 9.04. The van der Waals surface area contributed by atoms with Crippen molar-refractivity contribution in [1.29, 1.82) is 0 Å². The van der Waals surface area contributed by atoms with E-state index in [-0.39, 0.29) is 19.2 Å². The van der Waals surface area contributed by atoms with Gasteiger partial charge in [0.2, 0.25) is 6.79 Å². The molecule has 0 aliphatic carbocycles. The predicted molar refractivity (Wildman–Crippen MR) is 98.2 cm³/mol. The van der Waals surface area contributed by atoms with Gasteiger partial charge >= 0.3 is 6.03 Å². The molecule has 0 radical (unpaired) electrons. The third-order valence-corrected chi connectivity index (χ3v) is 5.63. The number of hydrogen-bond donors (Lipinski definition) is 1. The average molecular weight is 438 g/mol. The van der Waals surface area contributed by atoms with Gasteiger partial charge in [-0.05, 0) is 30.7 Å². The van der Waals surface area contributed by atoms with E-state index in [1.807, 2.05) is 0 Å². The Kier molecular flexibility index (Phi) is 4.08. The van der Waals surface area contributed by atoms with Gasteiger partial charge in [-0.3, -0.25) is 9.69 Å². The highest BCUT2D eigenvalue weighted by molar-refractivity contribution is 9.10. The van der Waals surface area contributed by atoms with Crippen molar-refractivity contribution in [3.63, 3.8) is 0 Å². The van der Waals surface area contributed by atoms with Crippen LogP contribution in [0.15, 0.2) is 40.9 Å². The fourth-order valence-electron chi connectivity index (χ4n) is 3.14. The van der Waals surface area contributed by atoms with Crippen molar-refractivity contribution >= 4 is 39.5 Å². The highest BCUT2D eigenvalue weighted by Crippen LogP contribution is 2.39.